The Labute approximate surface area is 129 Å². The molecule has 1 heterocycles. The first-order valence-electron chi connectivity index (χ1n) is 6.05. The Balaban J connectivity index is 3.24. The third-order valence-electron chi connectivity index (χ3n) is 2.77. The van der Waals surface area contributed by atoms with Crippen LogP contribution >= 0.6 is 15.9 Å². The van der Waals surface area contributed by atoms with Crippen molar-refractivity contribution in [3.63, 3.8) is 0 Å². The van der Waals surface area contributed by atoms with Crippen LogP contribution in [0.25, 0.3) is 0 Å². The van der Waals surface area contributed by atoms with Gasteiger partial charge in [-0.3, -0.25) is 0 Å². The van der Waals surface area contributed by atoms with E-state index < -0.39 is 27.2 Å². The zero-order valence-corrected chi connectivity index (χ0v) is 14.3. The van der Waals surface area contributed by atoms with Gasteiger partial charge < -0.3 is 4.79 Å². The molecule has 1 unspecified atom stereocenters. The van der Waals surface area contributed by atoms with Crippen molar-refractivity contribution < 1.29 is 13.4 Å². The normalized spacial score (nSPS) is 16.5. The molecule has 0 radical (unpaired) electrons. The van der Waals surface area contributed by atoms with Gasteiger partial charge in [0, 0.05) is 22.7 Å². The highest BCUT2D eigenvalue weighted by Crippen LogP contribution is 2.29. The number of carbonyl (C=O) groups is 1. The number of hydrogen-bond donors (Lipinski definition) is 1. The number of hydrogen-bond acceptors (Lipinski definition) is 3. The van der Waals surface area contributed by atoms with Gasteiger partial charge in [0.1, 0.15) is 6.29 Å². The predicted octanol–water partition coefficient (Wildman–Crippen LogP) is 2.84. The first-order valence-corrected chi connectivity index (χ1v) is 7.99. The van der Waals surface area contributed by atoms with Crippen LogP contribution in [0.1, 0.15) is 39.7 Å². The van der Waals surface area contributed by atoms with Crippen LogP contribution in [0.3, 0.4) is 0 Å². The summed E-state index contributed by atoms with van der Waals surface area (Å²) in [7, 11) is -1.44. The van der Waals surface area contributed by atoms with Gasteiger partial charge in [-0.15, -0.1) is 0 Å². The van der Waals surface area contributed by atoms with Gasteiger partial charge in [-0.1, -0.05) is 0 Å². The van der Waals surface area contributed by atoms with Crippen molar-refractivity contribution >= 4 is 33.2 Å². The van der Waals surface area contributed by atoms with E-state index in [0.717, 1.165) is 0 Å². The summed E-state index contributed by atoms with van der Waals surface area (Å²) in [6, 6.07) is 1.54. The van der Waals surface area contributed by atoms with E-state index in [9.17, 15) is 13.4 Å². The number of nitrogens with one attached hydrogen (secondary N) is 1. The average Bonchev–Trinajstić information content (AvgIpc) is 2.31. The van der Waals surface area contributed by atoms with E-state index >= 15 is 0 Å². The van der Waals surface area contributed by atoms with Gasteiger partial charge in [0.25, 0.3) is 0 Å². The maximum atomic E-state index is 13.9. The van der Waals surface area contributed by atoms with Crippen LogP contribution in [0.2, 0.25) is 0 Å². The minimum Gasteiger partial charge on any atom is -0.303 e. The lowest BCUT2D eigenvalue weighted by Gasteiger charge is -2.32. The SMILES string of the molecule is CC(C)(C)S(=O)N[C@](C)(CC=O)c1cc(Br)cnc1F. The summed E-state index contributed by atoms with van der Waals surface area (Å²) in [6.07, 6.45) is 2.00. The Morgan fingerprint density at radius 2 is 2.05 bits per heavy atom. The monoisotopic (exact) mass is 364 g/mol. The molecule has 4 nitrogen and oxygen atoms in total. The third-order valence-corrected chi connectivity index (χ3v) is 4.95. The van der Waals surface area contributed by atoms with E-state index in [4.69, 9.17) is 0 Å². The van der Waals surface area contributed by atoms with Crippen LogP contribution in [-0.4, -0.2) is 20.2 Å². The molecule has 1 N–H and O–H groups in total. The second kappa shape index (κ2) is 6.41. The second-order valence-corrected chi connectivity index (χ2v) is 8.56. The molecule has 0 aromatic carbocycles. The van der Waals surface area contributed by atoms with E-state index in [1.54, 1.807) is 33.8 Å². The molecule has 0 fully saturated rings. The molecule has 0 saturated carbocycles. The van der Waals surface area contributed by atoms with E-state index in [1.165, 1.54) is 6.20 Å². The molecule has 1 aromatic rings. The minimum atomic E-state index is -1.44. The highest BCUT2D eigenvalue weighted by molar-refractivity contribution is 9.10. The lowest BCUT2D eigenvalue weighted by atomic mass is 9.91. The quantitative estimate of drug-likeness (QED) is 0.645. The third kappa shape index (κ3) is 4.17. The number of rotatable bonds is 5. The average molecular weight is 365 g/mol. The van der Waals surface area contributed by atoms with Gasteiger partial charge in [-0.25, -0.2) is 13.9 Å². The largest absolute Gasteiger partial charge is 0.303 e. The highest BCUT2D eigenvalue weighted by atomic mass is 79.9. The van der Waals surface area contributed by atoms with Crippen molar-refractivity contribution in [2.45, 2.75) is 44.4 Å². The number of aldehydes is 1. The smallest absolute Gasteiger partial charge is 0.218 e. The first-order chi connectivity index (χ1) is 9.10. The molecular weight excluding hydrogens is 347 g/mol. The Kier molecular flexibility index (Phi) is 5.57. The fourth-order valence-electron chi connectivity index (χ4n) is 1.54. The Bertz CT molecular complexity index is 534. The number of pyridine rings is 1. The van der Waals surface area contributed by atoms with Crippen LogP contribution in [0, 0.1) is 5.95 Å². The van der Waals surface area contributed by atoms with Crippen LogP contribution in [0.4, 0.5) is 4.39 Å². The summed E-state index contributed by atoms with van der Waals surface area (Å²) in [5.74, 6) is -0.684. The zero-order valence-electron chi connectivity index (χ0n) is 11.9. The number of nitrogens with zero attached hydrogens (tertiary/aromatic N) is 1. The maximum Gasteiger partial charge on any atom is 0.218 e. The summed E-state index contributed by atoms with van der Waals surface area (Å²) in [5.41, 5.74) is -0.877. The van der Waals surface area contributed by atoms with Gasteiger partial charge in [-0.2, -0.15) is 4.39 Å². The molecule has 0 amide bonds. The number of carbonyl (C=O) groups excluding carboxylic acids is 1. The molecule has 20 heavy (non-hydrogen) atoms. The summed E-state index contributed by atoms with van der Waals surface area (Å²) in [5, 5.41) is 0. The summed E-state index contributed by atoms with van der Waals surface area (Å²) in [4.78, 5) is 14.6. The van der Waals surface area contributed by atoms with E-state index in [2.05, 4.69) is 25.6 Å². The molecule has 112 valence electrons. The van der Waals surface area contributed by atoms with Crippen molar-refractivity contribution in [2.75, 3.05) is 0 Å². The van der Waals surface area contributed by atoms with E-state index in [0.29, 0.717) is 10.8 Å². The standard InChI is InChI=1S/C13H18BrFN2O2S/c1-12(2,3)20(19)17-13(4,5-6-18)10-7-9(14)8-16-11(10)15/h6-8,17H,5H2,1-4H3/t13-,20?/m1/s1. The molecule has 1 aromatic heterocycles. The summed E-state index contributed by atoms with van der Waals surface area (Å²) >= 11 is 3.22. The number of aromatic nitrogens is 1. The van der Waals surface area contributed by atoms with Crippen molar-refractivity contribution in [2.24, 2.45) is 0 Å². The number of halogens is 2. The molecule has 0 spiro atoms. The molecule has 0 bridgehead atoms. The van der Waals surface area contributed by atoms with Crippen LogP contribution in [0.5, 0.6) is 0 Å². The Morgan fingerprint density at radius 1 is 1.45 bits per heavy atom. The molecule has 1 rings (SSSR count). The Hall–Kier alpha value is -0.660. The van der Waals surface area contributed by atoms with Crippen molar-refractivity contribution in [1.82, 2.24) is 9.71 Å². The fourth-order valence-corrected chi connectivity index (χ4v) is 2.78. The second-order valence-electron chi connectivity index (χ2n) is 5.68. The van der Waals surface area contributed by atoms with E-state index in [-0.39, 0.29) is 12.0 Å². The summed E-state index contributed by atoms with van der Waals surface area (Å²) < 4.78 is 29.1. The van der Waals surface area contributed by atoms with Gasteiger partial charge in [-0.05, 0) is 49.7 Å². The van der Waals surface area contributed by atoms with Gasteiger partial charge in [0.15, 0.2) is 0 Å². The molecular formula is C13H18BrFN2O2S. The van der Waals surface area contributed by atoms with Crippen LogP contribution in [0.15, 0.2) is 16.7 Å². The lowest BCUT2D eigenvalue weighted by Crippen LogP contribution is -2.47. The zero-order chi connectivity index (χ0) is 15.6. The molecule has 0 aliphatic carbocycles. The topological polar surface area (TPSA) is 59.1 Å². The van der Waals surface area contributed by atoms with Gasteiger partial charge in [0.2, 0.25) is 5.95 Å². The van der Waals surface area contributed by atoms with Crippen LogP contribution < -0.4 is 4.72 Å². The van der Waals surface area contributed by atoms with Crippen molar-refractivity contribution in [1.29, 1.82) is 0 Å². The maximum absolute atomic E-state index is 13.9. The fraction of sp³-hybridized carbons (Fsp3) is 0.538. The molecule has 0 saturated heterocycles. The summed E-state index contributed by atoms with van der Waals surface area (Å²) in [6.45, 7) is 7.03. The lowest BCUT2D eigenvalue weighted by molar-refractivity contribution is -0.108. The van der Waals surface area contributed by atoms with Crippen molar-refractivity contribution in [3.8, 4) is 0 Å². The molecule has 0 aliphatic rings. The predicted molar refractivity (Wildman–Crippen MR) is 81.0 cm³/mol. The first kappa shape index (κ1) is 17.4. The molecule has 2 atom stereocenters. The van der Waals surface area contributed by atoms with Crippen LogP contribution in [-0.2, 0) is 21.3 Å². The highest BCUT2D eigenvalue weighted by Gasteiger charge is 2.35. The minimum absolute atomic E-state index is 0.0100. The Morgan fingerprint density at radius 3 is 2.55 bits per heavy atom. The molecule has 7 heteroatoms. The van der Waals surface area contributed by atoms with E-state index in [1.807, 2.05) is 0 Å². The van der Waals surface area contributed by atoms with Crippen molar-refractivity contribution in [3.05, 3.63) is 28.2 Å². The van der Waals surface area contributed by atoms with Gasteiger partial charge in [0.05, 0.1) is 21.3 Å². The molecule has 0 aliphatic heterocycles. The van der Waals surface area contributed by atoms with Gasteiger partial charge >= 0.3 is 0 Å².